The summed E-state index contributed by atoms with van der Waals surface area (Å²) in [6, 6.07) is 17.8. The number of carbonyl (C=O) groups is 3. The first-order chi connectivity index (χ1) is 15.3. The molecule has 9 heteroatoms. The number of hydrogen-bond donors (Lipinski definition) is 6. The fraction of sp³-hybridized carbons (Fsp3) is 0.348. The average Bonchev–Trinajstić information content (AvgIpc) is 2.80. The fourth-order valence-electron chi connectivity index (χ4n) is 2.75. The Balaban J connectivity index is 0.000000242. The van der Waals surface area contributed by atoms with Gasteiger partial charge in [0.1, 0.15) is 12.6 Å². The van der Waals surface area contributed by atoms with Gasteiger partial charge in [-0.3, -0.25) is 14.4 Å². The van der Waals surface area contributed by atoms with Gasteiger partial charge in [-0.15, -0.1) is 0 Å². The number of aliphatic carboxylic acids is 3. The standard InChI is InChI=1S/C9H11NO2.C8H9NO2.C6H11NO2/c10-8(9(11)12)6-7-4-2-1-3-5-7;10-8(11)6-9-7-4-2-1-3-5-7;8-6(9)5-2-1-3-7-4-5/h1-5,8H,6,10H2,(H,11,12);1-5,9H,6H2,(H,10,11);5,7H,1-4H2,(H,8,9). The van der Waals surface area contributed by atoms with Crippen LogP contribution in [0.5, 0.6) is 0 Å². The molecule has 9 nitrogen and oxygen atoms in total. The summed E-state index contributed by atoms with van der Waals surface area (Å²) in [7, 11) is 0. The summed E-state index contributed by atoms with van der Waals surface area (Å²) in [5.74, 6) is -2.62. The maximum absolute atomic E-state index is 10.4. The summed E-state index contributed by atoms with van der Waals surface area (Å²) in [5.41, 5.74) is 7.13. The van der Waals surface area contributed by atoms with E-state index in [1.807, 2.05) is 60.7 Å². The molecule has 2 unspecified atom stereocenters. The van der Waals surface area contributed by atoms with Crippen molar-refractivity contribution in [3.63, 3.8) is 0 Å². The normalized spacial score (nSPS) is 15.6. The van der Waals surface area contributed by atoms with E-state index < -0.39 is 23.9 Å². The molecule has 2 aromatic carbocycles. The van der Waals surface area contributed by atoms with Crippen molar-refractivity contribution < 1.29 is 29.7 Å². The molecule has 0 bridgehead atoms. The van der Waals surface area contributed by atoms with Crippen LogP contribution in [0, 0.1) is 5.92 Å². The Morgan fingerprint density at radius 1 is 1.00 bits per heavy atom. The van der Waals surface area contributed by atoms with E-state index in [2.05, 4.69) is 10.6 Å². The molecule has 0 spiro atoms. The second-order valence-electron chi connectivity index (χ2n) is 7.13. The number of anilines is 1. The van der Waals surface area contributed by atoms with E-state index in [0.29, 0.717) is 13.0 Å². The number of carboxylic acid groups (broad SMARTS) is 3. The van der Waals surface area contributed by atoms with Crippen LogP contribution in [-0.2, 0) is 20.8 Å². The molecule has 32 heavy (non-hydrogen) atoms. The van der Waals surface area contributed by atoms with E-state index in [9.17, 15) is 14.4 Å². The summed E-state index contributed by atoms with van der Waals surface area (Å²) in [6.07, 6.45) is 2.22. The van der Waals surface area contributed by atoms with Gasteiger partial charge in [0, 0.05) is 12.2 Å². The zero-order valence-electron chi connectivity index (χ0n) is 17.8. The van der Waals surface area contributed by atoms with Crippen LogP contribution in [0.1, 0.15) is 18.4 Å². The molecule has 174 valence electrons. The van der Waals surface area contributed by atoms with Crippen LogP contribution in [0.25, 0.3) is 0 Å². The SMILES string of the molecule is NC(Cc1ccccc1)C(=O)O.O=C(O)C1CCCNC1.O=C(O)CNc1ccccc1. The smallest absolute Gasteiger partial charge is 0.322 e. The molecule has 1 saturated heterocycles. The predicted octanol–water partition coefficient (Wildman–Crippen LogP) is 1.89. The number of nitrogens with two attached hydrogens (primary N) is 1. The van der Waals surface area contributed by atoms with E-state index in [1.165, 1.54) is 0 Å². The molecule has 1 aliphatic rings. The highest BCUT2D eigenvalue weighted by molar-refractivity contribution is 5.73. The molecule has 0 amide bonds. The third-order valence-electron chi connectivity index (χ3n) is 4.48. The van der Waals surface area contributed by atoms with Crippen LogP contribution < -0.4 is 16.4 Å². The molecule has 3 rings (SSSR count). The minimum Gasteiger partial charge on any atom is -0.481 e. The number of nitrogens with one attached hydrogen (secondary N) is 2. The summed E-state index contributed by atoms with van der Waals surface area (Å²) in [5, 5.41) is 31.1. The minimum absolute atomic E-state index is 0.0377. The van der Waals surface area contributed by atoms with Crippen LogP contribution in [0.3, 0.4) is 0 Å². The summed E-state index contributed by atoms with van der Waals surface area (Å²) in [4.78, 5) is 30.8. The molecule has 7 N–H and O–H groups in total. The van der Waals surface area contributed by atoms with Crippen molar-refractivity contribution in [2.45, 2.75) is 25.3 Å². The maximum atomic E-state index is 10.4. The monoisotopic (exact) mass is 445 g/mol. The van der Waals surface area contributed by atoms with Crippen LogP contribution in [0.2, 0.25) is 0 Å². The zero-order chi connectivity index (χ0) is 23.8. The van der Waals surface area contributed by atoms with Gasteiger partial charge in [-0.25, -0.2) is 0 Å². The molecular weight excluding hydrogens is 414 g/mol. The Labute approximate surface area is 187 Å². The molecular formula is C23H31N3O6. The number of carboxylic acids is 3. The van der Waals surface area contributed by atoms with E-state index >= 15 is 0 Å². The Kier molecular flexibility index (Phi) is 12.8. The van der Waals surface area contributed by atoms with Crippen LogP contribution in [0.15, 0.2) is 60.7 Å². The summed E-state index contributed by atoms with van der Waals surface area (Å²) < 4.78 is 0. The topological polar surface area (TPSA) is 162 Å². The zero-order valence-corrected chi connectivity index (χ0v) is 17.8. The third kappa shape index (κ3) is 12.3. The first-order valence-electron chi connectivity index (χ1n) is 10.3. The molecule has 0 aromatic heterocycles. The van der Waals surface area contributed by atoms with Gasteiger partial charge in [-0.2, -0.15) is 0 Å². The first kappa shape index (κ1) is 26.6. The number of hydrogen-bond acceptors (Lipinski definition) is 6. The van der Waals surface area contributed by atoms with E-state index in [4.69, 9.17) is 21.1 Å². The van der Waals surface area contributed by atoms with Crippen molar-refractivity contribution in [2.75, 3.05) is 25.0 Å². The van der Waals surface area contributed by atoms with Gasteiger partial charge in [-0.1, -0.05) is 48.5 Å². The van der Waals surface area contributed by atoms with Crippen LogP contribution in [0.4, 0.5) is 5.69 Å². The van der Waals surface area contributed by atoms with Crippen molar-refractivity contribution >= 4 is 23.6 Å². The highest BCUT2D eigenvalue weighted by Gasteiger charge is 2.19. The third-order valence-corrected chi connectivity index (χ3v) is 4.48. The van der Waals surface area contributed by atoms with Crippen LogP contribution >= 0.6 is 0 Å². The summed E-state index contributed by atoms with van der Waals surface area (Å²) >= 11 is 0. The van der Waals surface area contributed by atoms with Crippen molar-refractivity contribution in [3.05, 3.63) is 66.2 Å². The molecule has 1 heterocycles. The van der Waals surface area contributed by atoms with Gasteiger partial charge in [0.05, 0.1) is 5.92 Å². The highest BCUT2D eigenvalue weighted by Crippen LogP contribution is 2.08. The molecule has 1 fully saturated rings. The first-order valence-corrected chi connectivity index (χ1v) is 10.3. The van der Waals surface area contributed by atoms with Gasteiger partial charge in [0.2, 0.25) is 0 Å². The minimum atomic E-state index is -0.959. The van der Waals surface area contributed by atoms with Crippen molar-refractivity contribution in [1.29, 1.82) is 0 Å². The highest BCUT2D eigenvalue weighted by atomic mass is 16.4. The Morgan fingerprint density at radius 2 is 1.59 bits per heavy atom. The lowest BCUT2D eigenvalue weighted by Gasteiger charge is -2.18. The number of rotatable bonds is 7. The lowest BCUT2D eigenvalue weighted by molar-refractivity contribution is -0.142. The Hall–Kier alpha value is -3.43. The van der Waals surface area contributed by atoms with Crippen molar-refractivity contribution in [2.24, 2.45) is 11.7 Å². The Morgan fingerprint density at radius 3 is 2.03 bits per heavy atom. The van der Waals surface area contributed by atoms with Gasteiger partial charge in [-0.05, 0) is 43.5 Å². The van der Waals surface area contributed by atoms with E-state index in [1.54, 1.807) is 0 Å². The summed E-state index contributed by atoms with van der Waals surface area (Å²) in [6.45, 7) is 1.59. The van der Waals surface area contributed by atoms with Crippen molar-refractivity contribution in [1.82, 2.24) is 5.32 Å². The molecule has 2 aromatic rings. The number of piperidine rings is 1. The lowest BCUT2D eigenvalue weighted by Crippen LogP contribution is -2.34. The lowest BCUT2D eigenvalue weighted by atomic mass is 10.0. The van der Waals surface area contributed by atoms with E-state index in [-0.39, 0.29) is 12.5 Å². The molecule has 0 aliphatic carbocycles. The molecule has 1 aliphatic heterocycles. The second kappa shape index (κ2) is 15.4. The van der Waals surface area contributed by atoms with E-state index in [0.717, 1.165) is 30.6 Å². The quantitative estimate of drug-likeness (QED) is 0.374. The van der Waals surface area contributed by atoms with Gasteiger partial charge >= 0.3 is 17.9 Å². The van der Waals surface area contributed by atoms with Gasteiger partial charge < -0.3 is 31.7 Å². The van der Waals surface area contributed by atoms with Gasteiger partial charge in [0.25, 0.3) is 0 Å². The largest absolute Gasteiger partial charge is 0.481 e. The molecule has 0 saturated carbocycles. The van der Waals surface area contributed by atoms with Crippen molar-refractivity contribution in [3.8, 4) is 0 Å². The Bertz CT molecular complexity index is 811. The van der Waals surface area contributed by atoms with Crippen LogP contribution in [-0.4, -0.2) is 58.9 Å². The molecule has 2 atom stereocenters. The average molecular weight is 446 g/mol. The van der Waals surface area contributed by atoms with Gasteiger partial charge in [0.15, 0.2) is 0 Å². The number of benzene rings is 2. The fourth-order valence-corrected chi connectivity index (χ4v) is 2.75. The number of para-hydroxylation sites is 1. The maximum Gasteiger partial charge on any atom is 0.322 e. The second-order valence-corrected chi connectivity index (χ2v) is 7.13. The molecule has 0 radical (unpaired) electrons. The predicted molar refractivity (Wildman–Crippen MR) is 122 cm³/mol.